The van der Waals surface area contributed by atoms with Gasteiger partial charge in [0.05, 0.1) is 29.5 Å². The molecule has 3 aromatic rings. The lowest BCUT2D eigenvalue weighted by Gasteiger charge is -2.26. The third-order valence-corrected chi connectivity index (χ3v) is 5.19. The second-order valence-electron chi connectivity index (χ2n) is 7.29. The van der Waals surface area contributed by atoms with Gasteiger partial charge in [-0.1, -0.05) is 18.2 Å². The van der Waals surface area contributed by atoms with Gasteiger partial charge < -0.3 is 10.1 Å². The summed E-state index contributed by atoms with van der Waals surface area (Å²) in [5.41, 5.74) is 0.849. The molecule has 9 nitrogen and oxygen atoms in total. The summed E-state index contributed by atoms with van der Waals surface area (Å²) < 4.78 is 21.0. The van der Waals surface area contributed by atoms with Crippen LogP contribution < -0.4 is 5.32 Å². The fraction of sp³-hybridized carbons (Fsp3) is 0.273. The van der Waals surface area contributed by atoms with Gasteiger partial charge in [-0.25, -0.2) is 9.07 Å². The second-order valence-corrected chi connectivity index (χ2v) is 7.29. The number of nitrogens with zero attached hydrogens (tertiary/aromatic N) is 4. The minimum absolute atomic E-state index is 0.135. The molecule has 1 saturated heterocycles. The first-order valence-electron chi connectivity index (χ1n) is 10.2. The molecule has 2 aromatic carbocycles. The normalized spacial score (nSPS) is 14.3. The van der Waals surface area contributed by atoms with Crippen LogP contribution in [0, 0.1) is 15.9 Å². The highest BCUT2D eigenvalue weighted by atomic mass is 19.1. The van der Waals surface area contributed by atoms with Gasteiger partial charge in [0.1, 0.15) is 11.5 Å². The number of aromatic nitrogens is 2. The zero-order valence-corrected chi connectivity index (χ0v) is 17.2. The molecule has 1 N–H and O–H groups in total. The molecular formula is C22H22FN5O4. The van der Waals surface area contributed by atoms with Gasteiger partial charge in [-0.2, -0.15) is 5.10 Å². The van der Waals surface area contributed by atoms with Crippen LogP contribution in [0.2, 0.25) is 0 Å². The molecule has 0 saturated carbocycles. The Bertz CT molecular complexity index is 1130. The number of morpholine rings is 1. The highest BCUT2D eigenvalue weighted by Gasteiger charge is 2.20. The maximum atomic E-state index is 14.3. The number of carbonyl (C=O) groups excluding carboxylic acids is 1. The topological polar surface area (TPSA) is 103 Å². The van der Waals surface area contributed by atoms with Crippen molar-refractivity contribution in [3.05, 3.63) is 76.2 Å². The maximum absolute atomic E-state index is 14.3. The molecule has 1 aromatic heterocycles. The molecule has 1 amide bonds. The van der Waals surface area contributed by atoms with Crippen LogP contribution in [0.15, 0.2) is 54.6 Å². The Balaban J connectivity index is 1.63. The van der Waals surface area contributed by atoms with Gasteiger partial charge >= 0.3 is 0 Å². The molecule has 1 fully saturated rings. The first-order chi connectivity index (χ1) is 15.5. The van der Waals surface area contributed by atoms with Crippen molar-refractivity contribution in [2.24, 2.45) is 0 Å². The molecule has 4 rings (SSSR count). The average Bonchev–Trinajstić information content (AvgIpc) is 3.25. The molecule has 0 atom stereocenters. The van der Waals surface area contributed by atoms with Crippen molar-refractivity contribution in [1.82, 2.24) is 20.0 Å². The lowest BCUT2D eigenvalue weighted by Crippen LogP contribution is -2.41. The zero-order valence-electron chi connectivity index (χ0n) is 17.2. The fourth-order valence-electron chi connectivity index (χ4n) is 3.52. The van der Waals surface area contributed by atoms with E-state index >= 15 is 0 Å². The minimum Gasteiger partial charge on any atom is -0.379 e. The number of amides is 1. The van der Waals surface area contributed by atoms with Gasteiger partial charge in [-0.3, -0.25) is 19.8 Å². The molecule has 0 spiro atoms. The number of hydrogen-bond acceptors (Lipinski definition) is 6. The molecule has 0 aliphatic carbocycles. The Morgan fingerprint density at radius 1 is 1.16 bits per heavy atom. The molecule has 2 heterocycles. The number of nitrogens with one attached hydrogen (secondary N) is 1. The predicted molar refractivity (Wildman–Crippen MR) is 115 cm³/mol. The highest BCUT2D eigenvalue weighted by Crippen LogP contribution is 2.25. The van der Waals surface area contributed by atoms with E-state index in [1.807, 2.05) is 0 Å². The van der Waals surface area contributed by atoms with E-state index in [2.05, 4.69) is 15.3 Å². The summed E-state index contributed by atoms with van der Waals surface area (Å²) in [6.07, 6.45) is 0. The molecule has 0 bridgehead atoms. The lowest BCUT2D eigenvalue weighted by atomic mass is 10.1. The van der Waals surface area contributed by atoms with Crippen molar-refractivity contribution >= 4 is 11.6 Å². The summed E-state index contributed by atoms with van der Waals surface area (Å²) >= 11 is 0. The Kier molecular flexibility index (Phi) is 6.52. The number of nitro benzene ring substituents is 1. The monoisotopic (exact) mass is 439 g/mol. The summed E-state index contributed by atoms with van der Waals surface area (Å²) in [6, 6.07) is 13.4. The van der Waals surface area contributed by atoms with E-state index in [9.17, 15) is 19.3 Å². The van der Waals surface area contributed by atoms with Gasteiger partial charge in [0.15, 0.2) is 0 Å². The van der Waals surface area contributed by atoms with Crippen LogP contribution in [0.5, 0.6) is 0 Å². The van der Waals surface area contributed by atoms with Crippen molar-refractivity contribution < 1.29 is 18.8 Å². The minimum atomic E-state index is -0.521. The largest absolute Gasteiger partial charge is 0.379 e. The van der Waals surface area contributed by atoms with Crippen molar-refractivity contribution in [2.75, 3.05) is 39.4 Å². The number of non-ortho nitro benzene ring substituents is 1. The van der Waals surface area contributed by atoms with Crippen LogP contribution in [0.25, 0.3) is 16.9 Å². The van der Waals surface area contributed by atoms with Crippen molar-refractivity contribution in [3.8, 4) is 16.9 Å². The van der Waals surface area contributed by atoms with Crippen molar-refractivity contribution in [2.45, 2.75) is 0 Å². The van der Waals surface area contributed by atoms with Crippen LogP contribution in [0.1, 0.15) is 10.5 Å². The third-order valence-electron chi connectivity index (χ3n) is 5.19. The van der Waals surface area contributed by atoms with E-state index in [-0.39, 0.29) is 22.6 Å². The van der Waals surface area contributed by atoms with Gasteiger partial charge in [0.25, 0.3) is 11.6 Å². The molecular weight excluding hydrogens is 417 g/mol. The summed E-state index contributed by atoms with van der Waals surface area (Å²) in [5, 5.41) is 18.5. The van der Waals surface area contributed by atoms with Crippen molar-refractivity contribution in [1.29, 1.82) is 0 Å². The van der Waals surface area contributed by atoms with Gasteiger partial charge in [-0.15, -0.1) is 0 Å². The third kappa shape index (κ3) is 4.82. The Morgan fingerprint density at radius 3 is 2.69 bits per heavy atom. The summed E-state index contributed by atoms with van der Waals surface area (Å²) in [4.78, 5) is 25.9. The smallest absolute Gasteiger partial charge is 0.271 e. The second kappa shape index (κ2) is 9.67. The van der Waals surface area contributed by atoms with Crippen LogP contribution in [-0.2, 0) is 4.74 Å². The number of carbonyl (C=O) groups is 1. The SMILES string of the molecule is O=C(NCCN1CCOCC1)c1cc(-c2ccccc2F)nn1-c1cccc([N+](=O)[O-])c1. The molecule has 1 aliphatic heterocycles. The maximum Gasteiger partial charge on any atom is 0.271 e. The quantitative estimate of drug-likeness (QED) is 0.449. The van der Waals surface area contributed by atoms with E-state index in [1.54, 1.807) is 24.3 Å². The number of benzene rings is 2. The molecule has 166 valence electrons. The Hall–Kier alpha value is -3.63. The first-order valence-corrected chi connectivity index (χ1v) is 10.2. The van der Waals surface area contributed by atoms with Gasteiger partial charge in [0, 0.05) is 43.9 Å². The lowest BCUT2D eigenvalue weighted by molar-refractivity contribution is -0.384. The van der Waals surface area contributed by atoms with E-state index in [4.69, 9.17) is 4.74 Å². The summed E-state index contributed by atoms with van der Waals surface area (Å²) in [5.74, 6) is -0.879. The van der Waals surface area contributed by atoms with Crippen LogP contribution in [0.3, 0.4) is 0 Å². The Labute approximate surface area is 183 Å². The van der Waals surface area contributed by atoms with Crippen molar-refractivity contribution in [3.63, 3.8) is 0 Å². The average molecular weight is 439 g/mol. The summed E-state index contributed by atoms with van der Waals surface area (Å²) in [7, 11) is 0. The van der Waals surface area contributed by atoms with E-state index in [0.717, 1.165) is 13.1 Å². The number of rotatable bonds is 7. The number of nitro groups is 1. The van der Waals surface area contributed by atoms with Gasteiger partial charge in [-0.05, 0) is 24.3 Å². The molecule has 0 unspecified atom stereocenters. The molecule has 0 radical (unpaired) electrons. The zero-order chi connectivity index (χ0) is 22.5. The number of ether oxygens (including phenoxy) is 1. The molecule has 10 heteroatoms. The summed E-state index contributed by atoms with van der Waals surface area (Å²) in [6.45, 7) is 4.02. The van der Waals surface area contributed by atoms with E-state index in [0.29, 0.717) is 32.0 Å². The van der Waals surface area contributed by atoms with Crippen LogP contribution >= 0.6 is 0 Å². The molecule has 1 aliphatic rings. The highest BCUT2D eigenvalue weighted by molar-refractivity contribution is 5.94. The van der Waals surface area contributed by atoms with E-state index < -0.39 is 16.6 Å². The van der Waals surface area contributed by atoms with Gasteiger partial charge in [0.2, 0.25) is 0 Å². The van der Waals surface area contributed by atoms with E-state index in [1.165, 1.54) is 35.0 Å². The predicted octanol–water partition coefficient (Wildman–Crippen LogP) is 2.65. The Morgan fingerprint density at radius 2 is 1.94 bits per heavy atom. The fourth-order valence-corrected chi connectivity index (χ4v) is 3.52. The first kappa shape index (κ1) is 21.6. The standard InChI is InChI=1S/C22H22FN5O4/c23-19-7-2-1-6-18(19)20-15-21(22(29)24-8-9-26-10-12-32-13-11-26)27(25-20)16-4-3-5-17(14-16)28(30)31/h1-7,14-15H,8-13H2,(H,24,29). The van der Waals surface area contributed by atoms with Crippen LogP contribution in [0.4, 0.5) is 10.1 Å². The molecule has 32 heavy (non-hydrogen) atoms. The van der Waals surface area contributed by atoms with Crippen LogP contribution in [-0.4, -0.2) is 64.9 Å². The number of hydrogen-bond donors (Lipinski definition) is 1. The number of halogens is 1.